The van der Waals surface area contributed by atoms with Crippen LogP contribution in [0.3, 0.4) is 0 Å². The van der Waals surface area contributed by atoms with Crippen LogP contribution in [-0.4, -0.2) is 60.5 Å². The number of nitrogens with two attached hydrogens (primary N) is 1. The molecule has 3 heterocycles. The molecule has 30 heavy (non-hydrogen) atoms. The lowest BCUT2D eigenvalue weighted by Gasteiger charge is -2.39. The summed E-state index contributed by atoms with van der Waals surface area (Å²) in [6, 6.07) is 5.13. The molecule has 1 aromatic rings. The number of aromatic nitrogens is 1. The predicted molar refractivity (Wildman–Crippen MR) is 117 cm³/mol. The Bertz CT molecular complexity index is 736. The molecule has 1 unspecified atom stereocenters. The van der Waals surface area contributed by atoms with Crippen LogP contribution in [0.25, 0.3) is 0 Å². The van der Waals surface area contributed by atoms with Crippen LogP contribution in [0, 0.1) is 5.92 Å². The molecule has 0 aromatic carbocycles. The van der Waals surface area contributed by atoms with Crippen LogP contribution >= 0.6 is 0 Å². The normalized spacial score (nSPS) is 28.6. The van der Waals surface area contributed by atoms with Gasteiger partial charge < -0.3 is 15.5 Å². The molecule has 7 nitrogen and oxygen atoms in total. The van der Waals surface area contributed by atoms with Crippen molar-refractivity contribution in [3.8, 4) is 0 Å². The summed E-state index contributed by atoms with van der Waals surface area (Å²) in [5.74, 6) is 0.0229. The molecule has 0 spiro atoms. The van der Waals surface area contributed by atoms with Gasteiger partial charge >= 0.3 is 0 Å². The molecule has 164 valence electrons. The van der Waals surface area contributed by atoms with Gasteiger partial charge in [0.25, 0.3) is 0 Å². The van der Waals surface area contributed by atoms with Crippen LogP contribution in [0.5, 0.6) is 0 Å². The number of hydrogen-bond acceptors (Lipinski definition) is 6. The summed E-state index contributed by atoms with van der Waals surface area (Å²) in [6.07, 6.45) is 10.0. The second-order valence-electron chi connectivity index (χ2n) is 9.38. The Morgan fingerprint density at radius 1 is 1.10 bits per heavy atom. The zero-order valence-corrected chi connectivity index (χ0v) is 18.1. The Kier molecular flexibility index (Phi) is 6.68. The van der Waals surface area contributed by atoms with E-state index >= 15 is 0 Å². The first kappa shape index (κ1) is 21.2. The molecule has 0 radical (unpaired) electrons. The summed E-state index contributed by atoms with van der Waals surface area (Å²) in [5, 5.41) is 2.41. The number of carbonyl (C=O) groups is 2. The van der Waals surface area contributed by atoms with E-state index in [1.807, 2.05) is 12.3 Å². The molecule has 1 aliphatic carbocycles. The number of amides is 2. The van der Waals surface area contributed by atoms with Crippen molar-refractivity contribution in [1.29, 1.82) is 0 Å². The molecule has 3 fully saturated rings. The second kappa shape index (κ2) is 9.43. The van der Waals surface area contributed by atoms with Crippen molar-refractivity contribution in [2.24, 2.45) is 11.7 Å². The summed E-state index contributed by atoms with van der Waals surface area (Å²) in [4.78, 5) is 32.9. The fraction of sp³-hybridized carbons (Fsp3) is 0.696. The van der Waals surface area contributed by atoms with Crippen molar-refractivity contribution in [2.75, 3.05) is 31.6 Å². The number of hydrogen-bond donors (Lipinski definition) is 2. The number of anilines is 1. The first-order valence-electron chi connectivity index (χ1n) is 11.5. The first-order chi connectivity index (χ1) is 14.5. The number of piperidine rings is 2. The minimum atomic E-state index is -0.313. The number of pyridine rings is 1. The van der Waals surface area contributed by atoms with E-state index in [1.165, 1.54) is 32.2 Å². The lowest BCUT2D eigenvalue weighted by Crippen LogP contribution is -2.43. The van der Waals surface area contributed by atoms with E-state index in [1.54, 1.807) is 0 Å². The Labute approximate surface area is 179 Å². The van der Waals surface area contributed by atoms with Gasteiger partial charge in [0.2, 0.25) is 11.8 Å². The monoisotopic (exact) mass is 413 g/mol. The molecule has 1 saturated carbocycles. The van der Waals surface area contributed by atoms with Crippen LogP contribution in [0.2, 0.25) is 0 Å². The van der Waals surface area contributed by atoms with Crippen molar-refractivity contribution in [3.63, 3.8) is 0 Å². The molecule has 3 aliphatic rings. The Hall–Kier alpha value is -1.99. The summed E-state index contributed by atoms with van der Waals surface area (Å²) in [5.41, 5.74) is 7.93. The van der Waals surface area contributed by atoms with Gasteiger partial charge in [-0.2, -0.15) is 0 Å². The topological polar surface area (TPSA) is 91.6 Å². The van der Waals surface area contributed by atoms with Gasteiger partial charge in [-0.1, -0.05) is 0 Å². The van der Waals surface area contributed by atoms with Gasteiger partial charge in [-0.3, -0.25) is 19.9 Å². The highest BCUT2D eigenvalue weighted by Crippen LogP contribution is 2.28. The van der Waals surface area contributed by atoms with Crippen LogP contribution in [-0.2, 0) is 9.59 Å². The van der Waals surface area contributed by atoms with Gasteiger partial charge in [0, 0.05) is 38.1 Å². The molecule has 2 aliphatic heterocycles. The first-order valence-corrected chi connectivity index (χ1v) is 11.5. The maximum absolute atomic E-state index is 12.1. The third-order valence-corrected chi connectivity index (χ3v) is 7.26. The van der Waals surface area contributed by atoms with Crippen molar-refractivity contribution >= 4 is 17.5 Å². The van der Waals surface area contributed by atoms with Gasteiger partial charge in [0.1, 0.15) is 0 Å². The standard InChI is InChI=1S/C23H35N5O2/c1-27(18-4-2-17(24)3-5-18)15-16-10-12-28(13-11-16)19-6-8-21(25-14-19)20-7-9-22(29)26-23(20)30/h6,8,14,16-18,20H,2-5,7,9-13,15,24H2,1H3,(H,26,29,30). The molecule has 1 atom stereocenters. The lowest BCUT2D eigenvalue weighted by molar-refractivity contribution is -0.134. The van der Waals surface area contributed by atoms with Crippen molar-refractivity contribution < 1.29 is 9.59 Å². The third kappa shape index (κ3) is 5.01. The molecule has 4 rings (SSSR count). The van der Waals surface area contributed by atoms with Crippen molar-refractivity contribution in [2.45, 2.75) is 69.4 Å². The van der Waals surface area contributed by atoms with E-state index in [0.717, 1.165) is 43.2 Å². The predicted octanol–water partition coefficient (Wildman–Crippen LogP) is 2.02. The van der Waals surface area contributed by atoms with Crippen molar-refractivity contribution in [3.05, 3.63) is 24.0 Å². The minimum absolute atomic E-state index is 0.187. The fourth-order valence-corrected chi connectivity index (χ4v) is 5.24. The minimum Gasteiger partial charge on any atom is -0.370 e. The zero-order chi connectivity index (χ0) is 21.1. The molecule has 1 aromatic heterocycles. The molecule has 2 amide bonds. The van der Waals surface area contributed by atoms with Gasteiger partial charge in [-0.05, 0) is 70.0 Å². The van der Waals surface area contributed by atoms with Gasteiger partial charge in [0.15, 0.2) is 0 Å². The van der Waals surface area contributed by atoms with Gasteiger partial charge in [0.05, 0.1) is 23.5 Å². The average Bonchev–Trinajstić information content (AvgIpc) is 2.75. The largest absolute Gasteiger partial charge is 0.370 e. The van der Waals surface area contributed by atoms with E-state index in [2.05, 4.69) is 33.2 Å². The molecular formula is C23H35N5O2. The Morgan fingerprint density at radius 3 is 2.47 bits per heavy atom. The maximum atomic E-state index is 12.1. The highest BCUT2D eigenvalue weighted by Gasteiger charge is 2.29. The molecule has 0 bridgehead atoms. The summed E-state index contributed by atoms with van der Waals surface area (Å²) < 4.78 is 0. The van der Waals surface area contributed by atoms with Gasteiger partial charge in [-0.25, -0.2) is 0 Å². The van der Waals surface area contributed by atoms with Crippen LogP contribution in [0.4, 0.5) is 5.69 Å². The summed E-state index contributed by atoms with van der Waals surface area (Å²) in [7, 11) is 2.28. The van der Waals surface area contributed by atoms with E-state index in [0.29, 0.717) is 24.9 Å². The van der Waals surface area contributed by atoms with Crippen LogP contribution < -0.4 is 16.0 Å². The van der Waals surface area contributed by atoms with Crippen molar-refractivity contribution in [1.82, 2.24) is 15.2 Å². The SMILES string of the molecule is CN(CC1CCN(c2ccc(C3CCC(=O)NC3=O)nc2)CC1)C1CCC(N)CC1. The average molecular weight is 414 g/mol. The molecule has 2 saturated heterocycles. The summed E-state index contributed by atoms with van der Waals surface area (Å²) in [6.45, 7) is 3.28. The van der Waals surface area contributed by atoms with Crippen LogP contribution in [0.1, 0.15) is 63.0 Å². The zero-order valence-electron chi connectivity index (χ0n) is 18.1. The van der Waals surface area contributed by atoms with E-state index < -0.39 is 0 Å². The molecule has 3 N–H and O–H groups in total. The number of rotatable bonds is 5. The Morgan fingerprint density at radius 2 is 1.83 bits per heavy atom. The van der Waals surface area contributed by atoms with Crippen LogP contribution in [0.15, 0.2) is 18.3 Å². The third-order valence-electron chi connectivity index (χ3n) is 7.26. The highest BCUT2D eigenvalue weighted by atomic mass is 16.2. The fourth-order valence-electron chi connectivity index (χ4n) is 5.24. The quantitative estimate of drug-likeness (QED) is 0.718. The lowest BCUT2D eigenvalue weighted by atomic mass is 9.89. The Balaban J connectivity index is 1.26. The smallest absolute Gasteiger partial charge is 0.235 e. The van der Waals surface area contributed by atoms with E-state index in [4.69, 9.17) is 5.73 Å². The maximum Gasteiger partial charge on any atom is 0.235 e. The number of imide groups is 1. The van der Waals surface area contributed by atoms with Gasteiger partial charge in [-0.15, -0.1) is 0 Å². The van der Waals surface area contributed by atoms with E-state index in [-0.39, 0.29) is 17.7 Å². The molecular weight excluding hydrogens is 378 g/mol. The number of nitrogens with one attached hydrogen (secondary N) is 1. The summed E-state index contributed by atoms with van der Waals surface area (Å²) >= 11 is 0. The van der Waals surface area contributed by atoms with E-state index in [9.17, 15) is 9.59 Å². The second-order valence-corrected chi connectivity index (χ2v) is 9.38. The molecule has 7 heteroatoms. The number of nitrogens with zero attached hydrogens (tertiary/aromatic N) is 3. The number of carbonyl (C=O) groups excluding carboxylic acids is 2. The highest BCUT2D eigenvalue weighted by molar-refractivity contribution is 6.00.